The van der Waals surface area contributed by atoms with Crippen molar-refractivity contribution in [2.24, 2.45) is 0 Å². The lowest BCUT2D eigenvalue weighted by Gasteiger charge is -2.07. The molecule has 136 valence electrons. The number of carbonyl (C=O) groups excluding carboxylic acids is 1. The molecule has 0 amide bonds. The van der Waals surface area contributed by atoms with Crippen molar-refractivity contribution in [1.29, 1.82) is 0 Å². The first kappa shape index (κ1) is 20.7. The first-order valence-electron chi connectivity index (χ1n) is 9.18. The summed E-state index contributed by atoms with van der Waals surface area (Å²) in [5.41, 5.74) is 1.15. The van der Waals surface area contributed by atoms with Gasteiger partial charge in [0.2, 0.25) is 0 Å². The molecule has 4 nitrogen and oxygen atoms in total. The van der Waals surface area contributed by atoms with Gasteiger partial charge in [-0.15, -0.1) is 0 Å². The minimum absolute atomic E-state index is 0.116. The maximum Gasteiger partial charge on any atom is 0.305 e. The Morgan fingerprint density at radius 3 is 2.29 bits per heavy atom. The molecule has 0 heterocycles. The lowest BCUT2D eigenvalue weighted by atomic mass is 10.1. The SMILES string of the molecule is CCCCCCCCC(=O)OCCOCCOCc1ccccc1. The lowest BCUT2D eigenvalue weighted by Crippen LogP contribution is -2.12. The number of carbonyl (C=O) groups is 1. The van der Waals surface area contributed by atoms with Crippen molar-refractivity contribution in [3.05, 3.63) is 35.9 Å². The third-order valence-electron chi connectivity index (χ3n) is 3.71. The zero-order valence-corrected chi connectivity index (χ0v) is 15.0. The number of ether oxygens (including phenoxy) is 3. The Balaban J connectivity index is 1.81. The van der Waals surface area contributed by atoms with E-state index in [1.54, 1.807) is 0 Å². The van der Waals surface area contributed by atoms with Crippen molar-refractivity contribution in [3.8, 4) is 0 Å². The van der Waals surface area contributed by atoms with Crippen LogP contribution in [0.4, 0.5) is 0 Å². The van der Waals surface area contributed by atoms with Crippen LogP contribution in [-0.4, -0.2) is 32.4 Å². The summed E-state index contributed by atoms with van der Waals surface area (Å²) in [5.74, 6) is -0.116. The highest BCUT2D eigenvalue weighted by Crippen LogP contribution is 2.07. The maximum atomic E-state index is 11.5. The van der Waals surface area contributed by atoms with E-state index in [-0.39, 0.29) is 5.97 Å². The molecule has 0 saturated carbocycles. The highest BCUT2D eigenvalue weighted by molar-refractivity contribution is 5.69. The van der Waals surface area contributed by atoms with Crippen molar-refractivity contribution >= 4 is 5.97 Å². The van der Waals surface area contributed by atoms with Crippen LogP contribution < -0.4 is 0 Å². The second-order valence-corrected chi connectivity index (χ2v) is 5.89. The van der Waals surface area contributed by atoms with Gasteiger partial charge in [0.1, 0.15) is 6.61 Å². The summed E-state index contributed by atoms with van der Waals surface area (Å²) >= 11 is 0. The molecule has 0 aliphatic heterocycles. The van der Waals surface area contributed by atoms with Crippen molar-refractivity contribution in [2.75, 3.05) is 26.4 Å². The predicted octanol–water partition coefficient (Wildman–Crippen LogP) is 4.51. The van der Waals surface area contributed by atoms with E-state index in [0.29, 0.717) is 39.5 Å². The fourth-order valence-electron chi connectivity index (χ4n) is 2.32. The van der Waals surface area contributed by atoms with Gasteiger partial charge in [0.15, 0.2) is 0 Å². The van der Waals surface area contributed by atoms with E-state index in [1.807, 2.05) is 30.3 Å². The summed E-state index contributed by atoms with van der Waals surface area (Å²) in [5, 5.41) is 0. The predicted molar refractivity (Wildman–Crippen MR) is 95.9 cm³/mol. The molecule has 0 radical (unpaired) electrons. The molecule has 0 spiro atoms. The average Bonchev–Trinajstić information content (AvgIpc) is 2.61. The van der Waals surface area contributed by atoms with E-state index in [4.69, 9.17) is 14.2 Å². The minimum Gasteiger partial charge on any atom is -0.463 e. The van der Waals surface area contributed by atoms with E-state index in [1.165, 1.54) is 25.7 Å². The van der Waals surface area contributed by atoms with E-state index in [0.717, 1.165) is 18.4 Å². The van der Waals surface area contributed by atoms with Crippen molar-refractivity contribution in [2.45, 2.75) is 58.5 Å². The molecule has 0 saturated heterocycles. The Morgan fingerprint density at radius 2 is 1.50 bits per heavy atom. The van der Waals surface area contributed by atoms with Crippen LogP contribution in [0.5, 0.6) is 0 Å². The second-order valence-electron chi connectivity index (χ2n) is 5.89. The Kier molecular flexibility index (Phi) is 13.0. The summed E-state index contributed by atoms with van der Waals surface area (Å²) in [6.45, 7) is 4.61. The highest BCUT2D eigenvalue weighted by Gasteiger charge is 2.02. The molecule has 1 aromatic rings. The number of benzene rings is 1. The largest absolute Gasteiger partial charge is 0.463 e. The smallest absolute Gasteiger partial charge is 0.305 e. The van der Waals surface area contributed by atoms with Crippen molar-refractivity contribution < 1.29 is 19.0 Å². The number of hydrogen-bond acceptors (Lipinski definition) is 4. The molecule has 1 rings (SSSR count). The van der Waals surface area contributed by atoms with Gasteiger partial charge in [-0.1, -0.05) is 69.4 Å². The van der Waals surface area contributed by atoms with E-state index in [2.05, 4.69) is 6.92 Å². The fourth-order valence-corrected chi connectivity index (χ4v) is 2.32. The Labute approximate surface area is 146 Å². The Morgan fingerprint density at radius 1 is 0.833 bits per heavy atom. The van der Waals surface area contributed by atoms with E-state index < -0.39 is 0 Å². The van der Waals surface area contributed by atoms with Crippen LogP contribution in [0.3, 0.4) is 0 Å². The molecule has 0 aromatic heterocycles. The molecule has 0 fully saturated rings. The van der Waals surface area contributed by atoms with Gasteiger partial charge in [-0.25, -0.2) is 0 Å². The van der Waals surface area contributed by atoms with Crippen LogP contribution in [0.2, 0.25) is 0 Å². The first-order valence-corrected chi connectivity index (χ1v) is 9.18. The number of rotatable bonds is 15. The average molecular weight is 336 g/mol. The van der Waals surface area contributed by atoms with Gasteiger partial charge in [0.25, 0.3) is 0 Å². The van der Waals surface area contributed by atoms with Gasteiger partial charge >= 0.3 is 5.97 Å². The summed E-state index contributed by atoms with van der Waals surface area (Å²) < 4.78 is 16.0. The summed E-state index contributed by atoms with van der Waals surface area (Å²) in [6, 6.07) is 10.0. The molecule has 0 bridgehead atoms. The van der Waals surface area contributed by atoms with Gasteiger partial charge < -0.3 is 14.2 Å². The molecule has 0 aliphatic rings. The molecule has 0 atom stereocenters. The quantitative estimate of drug-likeness (QED) is 0.349. The molecule has 1 aromatic carbocycles. The number of hydrogen-bond donors (Lipinski definition) is 0. The maximum absolute atomic E-state index is 11.5. The van der Waals surface area contributed by atoms with Crippen molar-refractivity contribution in [3.63, 3.8) is 0 Å². The topological polar surface area (TPSA) is 44.8 Å². The Bertz CT molecular complexity index is 405. The molecule has 0 N–H and O–H groups in total. The molecule has 4 heteroatoms. The third-order valence-corrected chi connectivity index (χ3v) is 3.71. The zero-order chi connectivity index (χ0) is 17.3. The van der Waals surface area contributed by atoms with Gasteiger partial charge in [0, 0.05) is 6.42 Å². The summed E-state index contributed by atoms with van der Waals surface area (Å²) in [4.78, 5) is 11.5. The monoisotopic (exact) mass is 336 g/mol. The standard InChI is InChI=1S/C20H32O4/c1-2-3-4-5-6-10-13-20(21)24-17-16-22-14-15-23-18-19-11-8-7-9-12-19/h7-9,11-12H,2-6,10,13-18H2,1H3. The summed E-state index contributed by atoms with van der Waals surface area (Å²) in [7, 11) is 0. The molecule has 0 aliphatic carbocycles. The normalized spacial score (nSPS) is 10.7. The molecule has 24 heavy (non-hydrogen) atoms. The number of unbranched alkanes of at least 4 members (excludes halogenated alkanes) is 5. The first-order chi connectivity index (χ1) is 11.8. The van der Waals surface area contributed by atoms with Gasteiger partial charge in [-0.05, 0) is 12.0 Å². The minimum atomic E-state index is -0.116. The van der Waals surface area contributed by atoms with E-state index in [9.17, 15) is 4.79 Å². The highest BCUT2D eigenvalue weighted by atomic mass is 16.6. The summed E-state index contributed by atoms with van der Waals surface area (Å²) in [6.07, 6.45) is 7.59. The fraction of sp³-hybridized carbons (Fsp3) is 0.650. The van der Waals surface area contributed by atoms with Crippen LogP contribution >= 0.6 is 0 Å². The number of esters is 1. The van der Waals surface area contributed by atoms with Gasteiger partial charge in [-0.3, -0.25) is 4.79 Å². The van der Waals surface area contributed by atoms with Gasteiger partial charge in [-0.2, -0.15) is 0 Å². The van der Waals surface area contributed by atoms with Crippen LogP contribution in [0.25, 0.3) is 0 Å². The van der Waals surface area contributed by atoms with Crippen LogP contribution in [-0.2, 0) is 25.6 Å². The zero-order valence-electron chi connectivity index (χ0n) is 15.0. The molecule has 0 unspecified atom stereocenters. The van der Waals surface area contributed by atoms with E-state index >= 15 is 0 Å². The van der Waals surface area contributed by atoms with Crippen LogP contribution in [0, 0.1) is 0 Å². The lowest BCUT2D eigenvalue weighted by molar-refractivity contribution is -0.145. The Hall–Kier alpha value is -1.39. The third kappa shape index (κ3) is 12.1. The van der Waals surface area contributed by atoms with Crippen LogP contribution in [0.15, 0.2) is 30.3 Å². The molecular weight excluding hydrogens is 304 g/mol. The molecular formula is C20H32O4. The van der Waals surface area contributed by atoms with Crippen LogP contribution in [0.1, 0.15) is 57.4 Å². The second kappa shape index (κ2) is 15.2. The van der Waals surface area contributed by atoms with Crippen molar-refractivity contribution in [1.82, 2.24) is 0 Å². The van der Waals surface area contributed by atoms with Gasteiger partial charge in [0.05, 0.1) is 26.4 Å².